The number of benzene rings is 2. The standard InChI is InChI=1S/C20H24N2O2.ClH/c1-12(2)20(4,11-21)22-19(23)17-13(3)15-10-9-14-7-5-6-8-16(14)18(15)24-17;/h5-10,12H,11,21H2,1-4H3,(H,22,23);1H. The fourth-order valence-corrected chi connectivity index (χ4v) is 2.91. The fourth-order valence-electron chi connectivity index (χ4n) is 2.91. The van der Waals surface area contributed by atoms with E-state index < -0.39 is 5.54 Å². The Morgan fingerprint density at radius 1 is 1.20 bits per heavy atom. The van der Waals surface area contributed by atoms with Crippen molar-refractivity contribution in [2.24, 2.45) is 11.7 Å². The van der Waals surface area contributed by atoms with Gasteiger partial charge >= 0.3 is 0 Å². The van der Waals surface area contributed by atoms with Crippen molar-refractivity contribution in [2.45, 2.75) is 33.2 Å². The van der Waals surface area contributed by atoms with Crippen LogP contribution >= 0.6 is 12.4 Å². The van der Waals surface area contributed by atoms with Crippen LogP contribution in [0.1, 0.15) is 36.9 Å². The van der Waals surface area contributed by atoms with Crippen LogP contribution in [0.3, 0.4) is 0 Å². The maximum Gasteiger partial charge on any atom is 0.287 e. The number of nitrogens with two attached hydrogens (primary N) is 1. The predicted molar refractivity (Wildman–Crippen MR) is 105 cm³/mol. The summed E-state index contributed by atoms with van der Waals surface area (Å²) in [6.07, 6.45) is 0. The highest BCUT2D eigenvalue weighted by molar-refractivity contribution is 6.08. The molecule has 1 heterocycles. The molecule has 0 spiro atoms. The van der Waals surface area contributed by atoms with Crippen LogP contribution in [0, 0.1) is 12.8 Å². The number of amides is 1. The predicted octanol–water partition coefficient (Wildman–Crippen LogP) is 4.42. The summed E-state index contributed by atoms with van der Waals surface area (Å²) in [5.41, 5.74) is 7.03. The first-order valence-electron chi connectivity index (χ1n) is 8.31. The van der Waals surface area contributed by atoms with Crippen molar-refractivity contribution in [3.05, 3.63) is 47.7 Å². The van der Waals surface area contributed by atoms with Crippen molar-refractivity contribution >= 4 is 40.1 Å². The molecule has 0 saturated carbocycles. The monoisotopic (exact) mass is 360 g/mol. The summed E-state index contributed by atoms with van der Waals surface area (Å²) in [5, 5.41) is 6.13. The Hall–Kier alpha value is -2.04. The van der Waals surface area contributed by atoms with Gasteiger partial charge in [0.25, 0.3) is 5.91 Å². The maximum absolute atomic E-state index is 12.8. The van der Waals surface area contributed by atoms with Crippen LogP contribution in [0.15, 0.2) is 40.8 Å². The second kappa shape index (κ2) is 7.06. The van der Waals surface area contributed by atoms with Gasteiger partial charge in [0.15, 0.2) is 5.76 Å². The molecule has 1 aromatic heterocycles. The van der Waals surface area contributed by atoms with Gasteiger partial charge in [-0.05, 0) is 25.2 Å². The zero-order valence-corrected chi connectivity index (χ0v) is 15.9. The van der Waals surface area contributed by atoms with E-state index in [2.05, 4.69) is 11.4 Å². The number of rotatable bonds is 4. The Balaban J connectivity index is 0.00000225. The van der Waals surface area contributed by atoms with Crippen LogP contribution < -0.4 is 11.1 Å². The van der Waals surface area contributed by atoms with Gasteiger partial charge < -0.3 is 15.5 Å². The molecular formula is C20H25ClN2O2. The third kappa shape index (κ3) is 3.24. The van der Waals surface area contributed by atoms with Crippen molar-refractivity contribution in [3.8, 4) is 0 Å². The minimum absolute atomic E-state index is 0. The Bertz CT molecular complexity index is 917. The highest BCUT2D eigenvalue weighted by Crippen LogP contribution is 2.32. The molecule has 2 aromatic carbocycles. The number of fused-ring (bicyclic) bond motifs is 3. The van der Waals surface area contributed by atoms with Crippen LogP contribution in [0.2, 0.25) is 0 Å². The van der Waals surface area contributed by atoms with Crippen molar-refractivity contribution in [1.82, 2.24) is 5.32 Å². The maximum atomic E-state index is 12.8. The zero-order valence-electron chi connectivity index (χ0n) is 15.1. The summed E-state index contributed by atoms with van der Waals surface area (Å²) in [6, 6.07) is 12.1. The summed E-state index contributed by atoms with van der Waals surface area (Å²) >= 11 is 0. The number of hydrogen-bond donors (Lipinski definition) is 2. The molecular weight excluding hydrogens is 336 g/mol. The van der Waals surface area contributed by atoms with Gasteiger partial charge in [-0.2, -0.15) is 0 Å². The minimum atomic E-state index is -0.468. The molecule has 1 unspecified atom stereocenters. The molecule has 134 valence electrons. The topological polar surface area (TPSA) is 68.3 Å². The van der Waals surface area contributed by atoms with Gasteiger partial charge in [0, 0.05) is 22.9 Å². The number of nitrogens with one attached hydrogen (secondary N) is 1. The molecule has 0 aliphatic carbocycles. The molecule has 3 rings (SSSR count). The van der Waals surface area contributed by atoms with E-state index in [-0.39, 0.29) is 24.2 Å². The highest BCUT2D eigenvalue weighted by Gasteiger charge is 2.31. The molecule has 0 fully saturated rings. The van der Waals surface area contributed by atoms with Gasteiger partial charge in [0.2, 0.25) is 0 Å². The second-order valence-electron chi connectivity index (χ2n) is 6.95. The van der Waals surface area contributed by atoms with E-state index in [1.165, 1.54) is 0 Å². The van der Waals surface area contributed by atoms with E-state index in [1.807, 2.05) is 58.0 Å². The summed E-state index contributed by atoms with van der Waals surface area (Å²) in [5.74, 6) is 0.369. The first-order chi connectivity index (χ1) is 11.4. The van der Waals surface area contributed by atoms with Crippen LogP contribution in [-0.4, -0.2) is 18.0 Å². The van der Waals surface area contributed by atoms with Crippen molar-refractivity contribution in [2.75, 3.05) is 6.54 Å². The summed E-state index contributed by atoms with van der Waals surface area (Å²) in [4.78, 5) is 12.8. The summed E-state index contributed by atoms with van der Waals surface area (Å²) < 4.78 is 5.99. The van der Waals surface area contributed by atoms with E-state index >= 15 is 0 Å². The highest BCUT2D eigenvalue weighted by atomic mass is 35.5. The molecule has 1 amide bonds. The number of halogens is 1. The molecule has 0 radical (unpaired) electrons. The first kappa shape index (κ1) is 19.3. The lowest BCUT2D eigenvalue weighted by Gasteiger charge is -2.33. The second-order valence-corrected chi connectivity index (χ2v) is 6.95. The lowest BCUT2D eigenvalue weighted by Crippen LogP contribution is -2.55. The Labute approximate surface area is 154 Å². The average molecular weight is 361 g/mol. The van der Waals surface area contributed by atoms with Gasteiger partial charge in [-0.25, -0.2) is 0 Å². The van der Waals surface area contributed by atoms with E-state index in [1.54, 1.807) is 0 Å². The Morgan fingerprint density at radius 3 is 2.52 bits per heavy atom. The smallest absolute Gasteiger partial charge is 0.287 e. The quantitative estimate of drug-likeness (QED) is 0.723. The molecule has 3 aromatic rings. The van der Waals surface area contributed by atoms with Crippen LogP contribution in [0.25, 0.3) is 21.7 Å². The van der Waals surface area contributed by atoms with Crippen molar-refractivity contribution in [1.29, 1.82) is 0 Å². The SMILES string of the molecule is Cc1c(C(=O)NC(C)(CN)C(C)C)oc2c1ccc1ccccc12.Cl. The summed E-state index contributed by atoms with van der Waals surface area (Å²) in [7, 11) is 0. The number of hydrogen-bond acceptors (Lipinski definition) is 3. The van der Waals surface area contributed by atoms with E-state index in [0.717, 1.165) is 27.3 Å². The molecule has 0 bridgehead atoms. The van der Waals surface area contributed by atoms with Crippen LogP contribution in [-0.2, 0) is 0 Å². The van der Waals surface area contributed by atoms with Crippen LogP contribution in [0.4, 0.5) is 0 Å². The number of aryl methyl sites for hydroxylation is 1. The number of carbonyl (C=O) groups excluding carboxylic acids is 1. The van der Waals surface area contributed by atoms with Gasteiger partial charge in [0.1, 0.15) is 5.58 Å². The lowest BCUT2D eigenvalue weighted by atomic mass is 9.88. The fraction of sp³-hybridized carbons (Fsp3) is 0.350. The van der Waals surface area contributed by atoms with E-state index in [9.17, 15) is 4.79 Å². The van der Waals surface area contributed by atoms with E-state index in [4.69, 9.17) is 10.2 Å². The Morgan fingerprint density at radius 2 is 1.88 bits per heavy atom. The van der Waals surface area contributed by atoms with Gasteiger partial charge in [-0.15, -0.1) is 12.4 Å². The third-order valence-electron chi connectivity index (χ3n) is 5.13. The van der Waals surface area contributed by atoms with Gasteiger partial charge in [-0.1, -0.05) is 50.2 Å². The molecule has 0 aliphatic rings. The molecule has 0 saturated heterocycles. The molecule has 1 atom stereocenters. The Kier molecular flexibility index (Phi) is 5.45. The van der Waals surface area contributed by atoms with Crippen molar-refractivity contribution < 1.29 is 9.21 Å². The van der Waals surface area contributed by atoms with Crippen molar-refractivity contribution in [3.63, 3.8) is 0 Å². The van der Waals surface area contributed by atoms with Crippen LogP contribution in [0.5, 0.6) is 0 Å². The number of furan rings is 1. The molecule has 5 heteroatoms. The number of carbonyl (C=O) groups is 1. The average Bonchev–Trinajstić information content (AvgIpc) is 2.92. The largest absolute Gasteiger partial charge is 0.450 e. The molecule has 25 heavy (non-hydrogen) atoms. The summed E-state index contributed by atoms with van der Waals surface area (Å²) in [6.45, 7) is 8.35. The normalized spacial score (nSPS) is 13.7. The minimum Gasteiger partial charge on any atom is -0.450 e. The molecule has 4 nitrogen and oxygen atoms in total. The molecule has 3 N–H and O–H groups in total. The van der Waals surface area contributed by atoms with Gasteiger partial charge in [-0.3, -0.25) is 4.79 Å². The van der Waals surface area contributed by atoms with Gasteiger partial charge in [0.05, 0.1) is 5.54 Å². The molecule has 0 aliphatic heterocycles. The zero-order chi connectivity index (χ0) is 17.5. The van der Waals surface area contributed by atoms with E-state index in [0.29, 0.717) is 12.3 Å². The lowest BCUT2D eigenvalue weighted by molar-refractivity contribution is 0.0856. The first-order valence-corrected chi connectivity index (χ1v) is 8.31. The third-order valence-corrected chi connectivity index (χ3v) is 5.13.